The molecule has 5 N–H and O–H groups in total. The van der Waals surface area contributed by atoms with Gasteiger partial charge in [-0.3, -0.25) is 0 Å². The molecule has 354 valence electrons. The molecule has 5 heterocycles. The molecule has 0 saturated heterocycles. The Morgan fingerprint density at radius 2 is 0.734 bits per heavy atom. The largest absolute Gasteiger partial charge is 0.385 e. The molecule has 0 atom stereocenters. The number of hydrogen-bond donors (Lipinski definition) is 5. The number of rotatable bonds is 0. The zero-order valence-electron chi connectivity index (χ0n) is 43.6. The third-order valence-corrected chi connectivity index (χ3v) is 11.5. The highest BCUT2D eigenvalue weighted by Gasteiger charge is 2.12. The highest BCUT2D eigenvalue weighted by Crippen LogP contribution is 2.26. The third-order valence-electron chi connectivity index (χ3n) is 11.5. The predicted octanol–water partition coefficient (Wildman–Crippen LogP) is 14.7. The number of fused-ring (bicyclic) bond motifs is 5. The fraction of sp³-hybridized carbons (Fsp3) is 0.492. The summed E-state index contributed by atoms with van der Waals surface area (Å²) < 4.78 is 0. The van der Waals surface area contributed by atoms with Crippen LogP contribution in [0.15, 0.2) is 91.0 Å². The van der Waals surface area contributed by atoms with Crippen LogP contribution in [0.25, 0.3) is 0 Å². The molecule has 0 aliphatic carbocycles. The summed E-state index contributed by atoms with van der Waals surface area (Å²) in [5.41, 5.74) is 21.9. The number of hydrogen-bond acceptors (Lipinski definition) is 5. The zero-order chi connectivity index (χ0) is 47.7. The van der Waals surface area contributed by atoms with E-state index in [0.717, 1.165) is 52.4 Å². The quantitative estimate of drug-likeness (QED) is 0.107. The van der Waals surface area contributed by atoms with Crippen molar-refractivity contribution in [3.05, 3.63) is 163 Å². The maximum atomic E-state index is 3.43. The van der Waals surface area contributed by atoms with Gasteiger partial charge in [-0.15, -0.1) is 0 Å². The van der Waals surface area contributed by atoms with E-state index < -0.39 is 0 Å². The van der Waals surface area contributed by atoms with Crippen LogP contribution in [-0.4, -0.2) is 26.2 Å². The molecule has 5 heteroatoms. The van der Waals surface area contributed by atoms with Gasteiger partial charge in [0.15, 0.2) is 0 Å². The first kappa shape index (κ1) is 57.6. The lowest BCUT2D eigenvalue weighted by Crippen LogP contribution is -2.24. The Morgan fingerprint density at radius 1 is 0.312 bits per heavy atom. The van der Waals surface area contributed by atoms with Crippen LogP contribution in [0, 0.1) is 34.6 Å². The van der Waals surface area contributed by atoms with Gasteiger partial charge in [-0.05, 0) is 165 Å². The molecule has 0 fully saturated rings. The van der Waals surface area contributed by atoms with Gasteiger partial charge < -0.3 is 26.6 Å². The van der Waals surface area contributed by atoms with Crippen molar-refractivity contribution in [1.29, 1.82) is 0 Å². The fourth-order valence-electron chi connectivity index (χ4n) is 8.28. The van der Waals surface area contributed by atoms with E-state index in [-0.39, 0.29) is 0 Å². The van der Waals surface area contributed by atoms with Crippen LogP contribution in [0.3, 0.4) is 0 Å². The van der Waals surface area contributed by atoms with Crippen LogP contribution >= 0.6 is 0 Å². The second-order valence-electron chi connectivity index (χ2n) is 15.4. The monoisotopic (exact) mass is 872 g/mol. The molecule has 64 heavy (non-hydrogen) atoms. The van der Waals surface area contributed by atoms with E-state index in [1.54, 1.807) is 5.56 Å². The average molecular weight is 872 g/mol. The van der Waals surface area contributed by atoms with Gasteiger partial charge in [0.05, 0.1) is 0 Å². The number of para-hydroxylation sites is 1. The Balaban J connectivity index is 0.000000381. The summed E-state index contributed by atoms with van der Waals surface area (Å²) in [7, 11) is 0. The fourth-order valence-corrected chi connectivity index (χ4v) is 8.28. The van der Waals surface area contributed by atoms with Crippen molar-refractivity contribution in [2.45, 2.75) is 169 Å². The van der Waals surface area contributed by atoms with Crippen molar-refractivity contribution in [3.8, 4) is 0 Å². The zero-order valence-corrected chi connectivity index (χ0v) is 43.6. The van der Waals surface area contributed by atoms with Crippen LogP contribution < -0.4 is 26.6 Å². The summed E-state index contributed by atoms with van der Waals surface area (Å²) in [6.45, 7) is 39.7. The Labute approximate surface area is 394 Å². The topological polar surface area (TPSA) is 60.1 Å². The molecule has 0 saturated carbocycles. The Kier molecular flexibility index (Phi) is 31.4. The van der Waals surface area contributed by atoms with Crippen LogP contribution in [0.1, 0.15) is 154 Å². The molecule has 5 nitrogen and oxygen atoms in total. The highest BCUT2D eigenvalue weighted by atomic mass is 14.9. The molecule has 10 rings (SSSR count). The van der Waals surface area contributed by atoms with Gasteiger partial charge in [0.1, 0.15) is 0 Å². The lowest BCUT2D eigenvalue weighted by molar-refractivity contribution is 0.640. The number of aryl methyl sites for hydroxylation is 6. The van der Waals surface area contributed by atoms with Gasteiger partial charge in [-0.1, -0.05) is 154 Å². The van der Waals surface area contributed by atoms with Gasteiger partial charge in [0.2, 0.25) is 0 Å². The lowest BCUT2D eigenvalue weighted by atomic mass is 9.97. The van der Waals surface area contributed by atoms with E-state index in [1.165, 1.54) is 117 Å². The van der Waals surface area contributed by atoms with Crippen molar-refractivity contribution in [2.75, 3.05) is 36.8 Å². The second kappa shape index (κ2) is 34.9. The molecular formula is C59H93N5. The molecular weight excluding hydrogens is 779 g/mol. The smallest absolute Gasteiger partial charge is 0.0402 e. The second-order valence-corrected chi connectivity index (χ2v) is 15.4. The van der Waals surface area contributed by atoms with E-state index in [2.05, 4.69) is 152 Å². The Bertz CT molecular complexity index is 1750. The number of nitrogens with one attached hydrogen (secondary N) is 5. The van der Waals surface area contributed by atoms with Crippen molar-refractivity contribution in [1.82, 2.24) is 16.0 Å². The Morgan fingerprint density at radius 3 is 1.30 bits per heavy atom. The van der Waals surface area contributed by atoms with Gasteiger partial charge in [-0.2, -0.15) is 0 Å². The summed E-state index contributed by atoms with van der Waals surface area (Å²) in [5, 5.41) is 16.9. The molecule has 0 unspecified atom stereocenters. The summed E-state index contributed by atoms with van der Waals surface area (Å²) in [5.74, 6) is 0. The summed E-state index contributed by atoms with van der Waals surface area (Å²) >= 11 is 0. The minimum absolute atomic E-state index is 1.05. The maximum absolute atomic E-state index is 3.43. The highest BCUT2D eigenvalue weighted by molar-refractivity contribution is 5.58. The van der Waals surface area contributed by atoms with Crippen molar-refractivity contribution >= 4 is 11.4 Å². The molecule has 5 aromatic carbocycles. The third kappa shape index (κ3) is 18.6. The van der Waals surface area contributed by atoms with E-state index in [0.29, 0.717) is 0 Å². The van der Waals surface area contributed by atoms with Crippen molar-refractivity contribution < 1.29 is 0 Å². The normalized spacial score (nSPS) is 13.7. The molecule has 0 spiro atoms. The first-order valence-corrected chi connectivity index (χ1v) is 25.4. The molecule has 0 amide bonds. The predicted molar refractivity (Wildman–Crippen MR) is 288 cm³/mol. The number of benzene rings is 5. The SMILES string of the molecule is CC.CC.CC.CC.CC.Cc1cccc2c1CCCN2.Cc1cccc2c1CCNC2.Cc1cccc2c1CNC2.Cc1cccc2c1CNCC2.Cc1cccc2c1NCCC2. The lowest BCUT2D eigenvalue weighted by Gasteiger charge is -2.19. The van der Waals surface area contributed by atoms with Crippen LogP contribution in [-0.2, 0) is 51.9 Å². The molecule has 0 aromatic heterocycles. The van der Waals surface area contributed by atoms with E-state index in [1.807, 2.05) is 69.2 Å². The van der Waals surface area contributed by atoms with Crippen LogP contribution in [0.4, 0.5) is 11.4 Å². The van der Waals surface area contributed by atoms with Gasteiger partial charge >= 0.3 is 0 Å². The molecule has 5 aliphatic rings. The maximum Gasteiger partial charge on any atom is 0.0402 e. The van der Waals surface area contributed by atoms with Gasteiger partial charge in [-0.25, -0.2) is 0 Å². The minimum atomic E-state index is 1.05. The average Bonchev–Trinajstić information content (AvgIpc) is 3.87. The Hall–Kier alpha value is -4.42. The van der Waals surface area contributed by atoms with Gasteiger partial charge in [0.25, 0.3) is 0 Å². The summed E-state index contributed by atoms with van der Waals surface area (Å²) in [4.78, 5) is 0. The number of anilines is 2. The van der Waals surface area contributed by atoms with E-state index in [4.69, 9.17) is 0 Å². The van der Waals surface area contributed by atoms with Gasteiger partial charge in [0, 0.05) is 50.6 Å². The summed E-state index contributed by atoms with van der Waals surface area (Å²) in [6.07, 6.45) is 7.42. The van der Waals surface area contributed by atoms with Crippen LogP contribution in [0.5, 0.6) is 0 Å². The minimum Gasteiger partial charge on any atom is -0.385 e. The van der Waals surface area contributed by atoms with Crippen molar-refractivity contribution in [2.24, 2.45) is 0 Å². The van der Waals surface area contributed by atoms with E-state index in [9.17, 15) is 0 Å². The molecule has 0 bridgehead atoms. The van der Waals surface area contributed by atoms with Crippen LogP contribution in [0.2, 0.25) is 0 Å². The molecule has 5 aliphatic heterocycles. The first-order chi connectivity index (χ1) is 31.4. The first-order valence-electron chi connectivity index (χ1n) is 25.4. The summed E-state index contributed by atoms with van der Waals surface area (Å²) in [6, 6.07) is 32.6. The molecule has 0 radical (unpaired) electrons. The van der Waals surface area contributed by atoms with Crippen molar-refractivity contribution in [3.63, 3.8) is 0 Å². The molecule has 5 aromatic rings. The standard InChI is InChI=1S/4C10H13N.C9H11N.5C2H6/c1-8-4-2-6-10-9(8)5-3-7-11-10;1-8-4-2-5-9-6-3-7-11-10(8)9;1-8-3-2-4-9-7-11-6-5-10(8)9;1-8-3-2-4-9-5-6-11-7-10(8)9;1-7-3-2-4-8-5-10-6-9(7)8;5*1-2/h2,4,6,11H,3,5,7H2,1H3;2,4-5,11H,3,6-7H2,1H3;2*2-4,11H,5-7H2,1H3;2-4,10H,5-6H2,1H3;5*1-2H3. The van der Waals surface area contributed by atoms with E-state index >= 15 is 0 Å².